The molecule has 0 aliphatic rings. The third-order valence-corrected chi connectivity index (χ3v) is 7.61. The maximum absolute atomic E-state index is 15.2. The van der Waals surface area contributed by atoms with Crippen molar-refractivity contribution in [2.45, 2.75) is 13.8 Å². The van der Waals surface area contributed by atoms with Gasteiger partial charge in [0.15, 0.2) is 23.1 Å². The molecule has 0 aliphatic carbocycles. The Morgan fingerprint density at radius 3 is 2.41 bits per heavy atom. The number of methoxy groups -OCH3 is 2. The number of pyridine rings is 3. The second-order valence-electron chi connectivity index (χ2n) is 8.95. The number of ether oxygens (including phenoxy) is 3. The van der Waals surface area contributed by atoms with Gasteiger partial charge in [-0.05, 0) is 59.6 Å². The maximum atomic E-state index is 15.2. The van der Waals surface area contributed by atoms with E-state index in [2.05, 4.69) is 31.2 Å². The Hall–Kier alpha value is -4.77. The molecule has 0 saturated heterocycles. The van der Waals surface area contributed by atoms with Crippen LogP contribution in [0, 0.1) is 19.7 Å². The number of aromatic nitrogens is 3. The number of carbonyl (C=O) groups excluding carboxylic acids is 1. The lowest BCUT2D eigenvalue weighted by molar-refractivity contribution is 0.102. The van der Waals surface area contributed by atoms with Gasteiger partial charge in [-0.1, -0.05) is 18.2 Å². The number of rotatable bonds is 7. The summed E-state index contributed by atoms with van der Waals surface area (Å²) in [6.07, 6.45) is 1.50. The Morgan fingerprint density at radius 1 is 0.976 bits per heavy atom. The van der Waals surface area contributed by atoms with Gasteiger partial charge in [-0.25, -0.2) is 9.37 Å². The Morgan fingerprint density at radius 2 is 1.73 bits per heavy atom. The van der Waals surface area contributed by atoms with E-state index in [4.69, 9.17) is 14.2 Å². The molecule has 0 unspecified atom stereocenters. The summed E-state index contributed by atoms with van der Waals surface area (Å²) in [7, 11) is 2.94. The van der Waals surface area contributed by atoms with Crippen LogP contribution in [-0.4, -0.2) is 34.7 Å². The summed E-state index contributed by atoms with van der Waals surface area (Å²) < 4.78 is 33.6. The number of amides is 1. The summed E-state index contributed by atoms with van der Waals surface area (Å²) in [6.45, 7) is 3.47. The van der Waals surface area contributed by atoms with E-state index in [1.165, 1.54) is 37.1 Å². The largest absolute Gasteiger partial charge is 0.491 e. The Balaban J connectivity index is 1.45. The van der Waals surface area contributed by atoms with E-state index in [1.807, 2.05) is 6.07 Å². The first-order valence-corrected chi connectivity index (χ1v) is 13.2. The highest BCUT2D eigenvalue weighted by Gasteiger charge is 2.22. The molecule has 0 aliphatic heterocycles. The molecule has 5 aromatic rings. The number of fused-ring (bicyclic) bond motifs is 1. The van der Waals surface area contributed by atoms with Crippen molar-refractivity contribution >= 4 is 38.6 Å². The molecule has 1 N–H and O–H groups in total. The number of benzene rings is 2. The van der Waals surface area contributed by atoms with Crippen LogP contribution in [0.1, 0.15) is 21.6 Å². The highest BCUT2D eigenvalue weighted by Crippen LogP contribution is 2.35. The Kier molecular flexibility index (Phi) is 7.71. The highest BCUT2D eigenvalue weighted by atomic mass is 79.9. The summed E-state index contributed by atoms with van der Waals surface area (Å²) in [6, 6.07) is 16.2. The predicted octanol–water partition coefficient (Wildman–Crippen LogP) is 6.36. The van der Waals surface area contributed by atoms with Gasteiger partial charge in [-0.3, -0.25) is 19.1 Å². The monoisotopic (exact) mass is 618 g/mol. The van der Waals surface area contributed by atoms with Gasteiger partial charge in [-0.15, -0.1) is 0 Å². The van der Waals surface area contributed by atoms with Gasteiger partial charge in [0.05, 0.1) is 19.7 Å². The zero-order valence-electron chi connectivity index (χ0n) is 22.5. The third-order valence-electron chi connectivity index (χ3n) is 6.45. The molecule has 0 bridgehead atoms. The first kappa shape index (κ1) is 27.8. The number of carbonyl (C=O) groups is 1. The minimum atomic E-state index is -0.739. The molecule has 41 heavy (non-hydrogen) atoms. The fourth-order valence-corrected chi connectivity index (χ4v) is 4.80. The molecule has 9 nitrogen and oxygen atoms in total. The summed E-state index contributed by atoms with van der Waals surface area (Å²) in [5.41, 5.74) is 2.14. The van der Waals surface area contributed by atoms with Gasteiger partial charge in [0.1, 0.15) is 11.1 Å². The molecule has 0 radical (unpaired) electrons. The lowest BCUT2D eigenvalue weighted by Crippen LogP contribution is -2.31. The molecular weight excluding hydrogens is 595 g/mol. The van der Waals surface area contributed by atoms with Crippen molar-refractivity contribution < 1.29 is 23.4 Å². The summed E-state index contributed by atoms with van der Waals surface area (Å²) >= 11 is 3.51. The SMILES string of the molecule is COc1cc2nccc(Oc3ccc(NC(=O)c4c(C)c(Br)c(C)n(-c5ccccc5)c4=O)cc3F)c2nc1OC. The van der Waals surface area contributed by atoms with Crippen molar-refractivity contribution in [3.63, 3.8) is 0 Å². The molecular formula is C30H24BrFN4O5. The lowest BCUT2D eigenvalue weighted by atomic mass is 10.1. The number of nitrogens with zero attached hydrogens (tertiary/aromatic N) is 3. The summed E-state index contributed by atoms with van der Waals surface area (Å²) in [4.78, 5) is 35.4. The number of nitrogens with one attached hydrogen (secondary N) is 1. The van der Waals surface area contributed by atoms with Gasteiger partial charge in [0, 0.05) is 45.9 Å². The molecule has 1 amide bonds. The average Bonchev–Trinajstić information content (AvgIpc) is 2.97. The van der Waals surface area contributed by atoms with E-state index < -0.39 is 17.3 Å². The zero-order valence-corrected chi connectivity index (χ0v) is 24.1. The topological polar surface area (TPSA) is 105 Å². The van der Waals surface area contributed by atoms with Crippen molar-refractivity contribution in [2.24, 2.45) is 0 Å². The minimum absolute atomic E-state index is 0.0641. The van der Waals surface area contributed by atoms with Crippen LogP contribution in [0.3, 0.4) is 0 Å². The fourth-order valence-electron chi connectivity index (χ4n) is 4.42. The molecule has 3 heterocycles. The summed E-state index contributed by atoms with van der Waals surface area (Å²) in [5, 5.41) is 2.63. The van der Waals surface area contributed by atoms with E-state index in [0.717, 1.165) is 6.07 Å². The van der Waals surface area contributed by atoms with Gasteiger partial charge in [0.25, 0.3) is 17.3 Å². The molecule has 5 rings (SSSR count). The van der Waals surface area contributed by atoms with Crippen LogP contribution in [0.5, 0.6) is 23.1 Å². The molecule has 0 atom stereocenters. The van der Waals surface area contributed by atoms with Gasteiger partial charge >= 0.3 is 0 Å². The van der Waals surface area contributed by atoms with Crippen LogP contribution in [0.15, 0.2) is 76.1 Å². The molecule has 3 aromatic heterocycles. The molecule has 0 spiro atoms. The number of anilines is 1. The van der Waals surface area contributed by atoms with E-state index in [0.29, 0.717) is 38.2 Å². The van der Waals surface area contributed by atoms with Crippen LogP contribution in [0.25, 0.3) is 16.7 Å². The highest BCUT2D eigenvalue weighted by molar-refractivity contribution is 9.10. The summed E-state index contributed by atoms with van der Waals surface area (Å²) in [5.74, 6) is -0.655. The standard InChI is InChI=1S/C30H24BrFN4O5/c1-16-25(30(38)36(17(2)26(16)31)19-8-6-5-7-9-19)28(37)34-18-10-11-22(20(32)14-18)41-23-12-13-33-21-15-24(39-3)29(40-4)35-27(21)23/h5-15H,1-4H3,(H,34,37). The van der Waals surface area contributed by atoms with Crippen molar-refractivity contribution in [3.05, 3.63) is 104 Å². The van der Waals surface area contributed by atoms with Crippen LogP contribution >= 0.6 is 15.9 Å². The first-order chi connectivity index (χ1) is 19.7. The number of hydrogen-bond donors (Lipinski definition) is 1. The number of hydrogen-bond acceptors (Lipinski definition) is 7. The van der Waals surface area contributed by atoms with E-state index in [-0.39, 0.29) is 28.6 Å². The smallest absolute Gasteiger partial charge is 0.268 e. The first-order valence-electron chi connectivity index (χ1n) is 12.4. The Labute approximate surface area is 242 Å². The predicted molar refractivity (Wildman–Crippen MR) is 156 cm³/mol. The molecule has 0 saturated carbocycles. The normalized spacial score (nSPS) is 10.9. The van der Waals surface area contributed by atoms with Crippen LogP contribution in [0.4, 0.5) is 10.1 Å². The van der Waals surface area contributed by atoms with Crippen molar-refractivity contribution in [1.82, 2.24) is 14.5 Å². The van der Waals surface area contributed by atoms with E-state index in [1.54, 1.807) is 50.2 Å². The van der Waals surface area contributed by atoms with Gasteiger partial charge in [0.2, 0.25) is 0 Å². The van der Waals surface area contributed by atoms with Crippen LogP contribution < -0.4 is 25.1 Å². The van der Waals surface area contributed by atoms with Gasteiger partial charge < -0.3 is 19.5 Å². The second-order valence-corrected chi connectivity index (χ2v) is 9.75. The number of halogens is 2. The number of para-hydroxylation sites is 1. The molecule has 11 heteroatoms. The Bertz CT molecular complexity index is 1860. The van der Waals surface area contributed by atoms with Crippen molar-refractivity contribution in [2.75, 3.05) is 19.5 Å². The average molecular weight is 619 g/mol. The molecule has 0 fully saturated rings. The molecule has 2 aromatic carbocycles. The zero-order chi connectivity index (χ0) is 29.3. The minimum Gasteiger partial charge on any atom is -0.491 e. The van der Waals surface area contributed by atoms with Crippen molar-refractivity contribution in [3.8, 4) is 28.8 Å². The molecule has 208 valence electrons. The van der Waals surface area contributed by atoms with Crippen LogP contribution in [-0.2, 0) is 0 Å². The fraction of sp³-hybridized carbons (Fsp3) is 0.133. The lowest BCUT2D eigenvalue weighted by Gasteiger charge is -2.17. The second kappa shape index (κ2) is 11.4. The quantitative estimate of drug-likeness (QED) is 0.226. The van der Waals surface area contributed by atoms with Crippen LogP contribution in [0.2, 0.25) is 0 Å². The van der Waals surface area contributed by atoms with Crippen molar-refractivity contribution in [1.29, 1.82) is 0 Å². The van der Waals surface area contributed by atoms with Gasteiger partial charge in [-0.2, -0.15) is 0 Å². The van der Waals surface area contributed by atoms with E-state index in [9.17, 15) is 9.59 Å². The maximum Gasteiger partial charge on any atom is 0.268 e. The van der Waals surface area contributed by atoms with E-state index >= 15 is 4.39 Å². The third kappa shape index (κ3) is 5.23.